The van der Waals surface area contributed by atoms with Crippen LogP contribution in [0.1, 0.15) is 51.7 Å². The van der Waals surface area contributed by atoms with Gasteiger partial charge in [0.05, 0.1) is 5.41 Å². The molecule has 0 saturated heterocycles. The fourth-order valence-electron chi connectivity index (χ4n) is 2.79. The van der Waals surface area contributed by atoms with Gasteiger partial charge in [0.25, 0.3) is 0 Å². The first-order valence-corrected chi connectivity index (χ1v) is 8.95. The van der Waals surface area contributed by atoms with E-state index in [1.165, 1.54) is 5.56 Å². The largest absolute Gasteiger partial charge is 0.444 e. The number of carbonyl (C=O) groups excluding carboxylic acids is 2. The van der Waals surface area contributed by atoms with Crippen LogP contribution in [0.15, 0.2) is 24.3 Å². The molecular formula is C20H30N2O3. The van der Waals surface area contributed by atoms with Crippen LogP contribution < -0.4 is 10.6 Å². The normalized spacial score (nSPS) is 16.7. The first kappa shape index (κ1) is 19.3. The highest BCUT2D eigenvalue weighted by Crippen LogP contribution is 2.48. The van der Waals surface area contributed by atoms with Crippen LogP contribution >= 0.6 is 0 Å². The Balaban J connectivity index is 1.79. The van der Waals surface area contributed by atoms with Gasteiger partial charge in [-0.2, -0.15) is 0 Å². The second kappa shape index (κ2) is 7.46. The van der Waals surface area contributed by atoms with Crippen molar-refractivity contribution < 1.29 is 14.3 Å². The van der Waals surface area contributed by atoms with Crippen LogP contribution in [0.5, 0.6) is 0 Å². The van der Waals surface area contributed by atoms with E-state index in [4.69, 9.17) is 4.74 Å². The summed E-state index contributed by atoms with van der Waals surface area (Å²) in [5.41, 5.74) is 1.41. The third-order valence-electron chi connectivity index (χ3n) is 4.36. The molecule has 25 heavy (non-hydrogen) atoms. The zero-order chi connectivity index (χ0) is 18.7. The van der Waals surface area contributed by atoms with Crippen molar-refractivity contribution in [2.75, 3.05) is 13.1 Å². The molecule has 0 bridgehead atoms. The van der Waals surface area contributed by atoms with Crippen LogP contribution in [-0.2, 0) is 14.9 Å². The van der Waals surface area contributed by atoms with Gasteiger partial charge in [0.15, 0.2) is 0 Å². The molecule has 0 aromatic heterocycles. The van der Waals surface area contributed by atoms with Crippen LogP contribution in [0.2, 0.25) is 0 Å². The Hall–Kier alpha value is -2.04. The standard InChI is InChI=1S/C20H30N2O3/c1-14-7-6-8-16(11-14)20(9-10-20)17(23)21-12-15(2)13-22-18(24)25-19(3,4)5/h6-8,11,15H,9-10,12-13H2,1-5H3,(H,21,23)(H,22,24)/t15-/m1/s1. The third-order valence-corrected chi connectivity index (χ3v) is 4.36. The van der Waals surface area contributed by atoms with Gasteiger partial charge >= 0.3 is 6.09 Å². The van der Waals surface area contributed by atoms with Crippen molar-refractivity contribution in [3.05, 3.63) is 35.4 Å². The average molecular weight is 346 g/mol. The van der Waals surface area contributed by atoms with Gasteiger partial charge in [-0.25, -0.2) is 4.79 Å². The van der Waals surface area contributed by atoms with Crippen LogP contribution in [0.25, 0.3) is 0 Å². The molecule has 138 valence electrons. The molecule has 1 aromatic rings. The SMILES string of the molecule is Cc1cccc(C2(C(=O)NC[C@@H](C)CNC(=O)OC(C)(C)C)CC2)c1. The van der Waals surface area contributed by atoms with E-state index in [1.807, 2.05) is 52.8 Å². The molecule has 0 radical (unpaired) electrons. The maximum absolute atomic E-state index is 12.6. The number of benzene rings is 1. The lowest BCUT2D eigenvalue weighted by Gasteiger charge is -2.21. The summed E-state index contributed by atoms with van der Waals surface area (Å²) in [6, 6.07) is 8.18. The Morgan fingerprint density at radius 3 is 2.40 bits per heavy atom. The van der Waals surface area contributed by atoms with Crippen LogP contribution in [0.4, 0.5) is 4.79 Å². The first-order valence-electron chi connectivity index (χ1n) is 8.95. The molecule has 0 spiro atoms. The Labute approximate surface area is 150 Å². The smallest absolute Gasteiger partial charge is 0.407 e. The molecule has 5 nitrogen and oxygen atoms in total. The van der Waals surface area contributed by atoms with E-state index in [0.29, 0.717) is 13.1 Å². The van der Waals surface area contributed by atoms with Crippen molar-refractivity contribution >= 4 is 12.0 Å². The molecule has 1 fully saturated rings. The fraction of sp³-hybridized carbons (Fsp3) is 0.600. The number of nitrogens with one attached hydrogen (secondary N) is 2. The maximum Gasteiger partial charge on any atom is 0.407 e. The monoisotopic (exact) mass is 346 g/mol. The molecule has 1 aliphatic rings. The van der Waals surface area contributed by atoms with E-state index in [0.717, 1.165) is 18.4 Å². The van der Waals surface area contributed by atoms with Gasteiger partial charge in [0.2, 0.25) is 5.91 Å². The number of aryl methyl sites for hydroxylation is 1. The minimum atomic E-state index is -0.506. The molecule has 2 N–H and O–H groups in total. The van der Waals surface area contributed by atoms with Gasteiger partial charge in [-0.3, -0.25) is 4.79 Å². The van der Waals surface area contributed by atoms with Crippen LogP contribution in [-0.4, -0.2) is 30.7 Å². The zero-order valence-electron chi connectivity index (χ0n) is 15.9. The minimum Gasteiger partial charge on any atom is -0.444 e. The topological polar surface area (TPSA) is 67.4 Å². The molecule has 1 atom stereocenters. The number of carbonyl (C=O) groups is 2. The van der Waals surface area contributed by atoms with Crippen molar-refractivity contribution in [3.63, 3.8) is 0 Å². The molecule has 1 aliphatic carbocycles. The summed E-state index contributed by atoms with van der Waals surface area (Å²) in [7, 11) is 0. The maximum atomic E-state index is 12.6. The summed E-state index contributed by atoms with van der Waals surface area (Å²) in [6.45, 7) is 10.5. The Morgan fingerprint density at radius 2 is 1.84 bits per heavy atom. The van der Waals surface area contributed by atoms with E-state index in [1.54, 1.807) is 0 Å². The van der Waals surface area contributed by atoms with Crippen LogP contribution in [0.3, 0.4) is 0 Å². The molecule has 1 saturated carbocycles. The number of rotatable bonds is 6. The van der Waals surface area contributed by atoms with Crippen LogP contribution in [0, 0.1) is 12.8 Å². The minimum absolute atomic E-state index is 0.0854. The van der Waals surface area contributed by atoms with Crippen molar-refractivity contribution in [3.8, 4) is 0 Å². The van der Waals surface area contributed by atoms with Crippen molar-refractivity contribution in [1.82, 2.24) is 10.6 Å². The molecule has 2 amide bonds. The summed E-state index contributed by atoms with van der Waals surface area (Å²) >= 11 is 0. The van der Waals surface area contributed by atoms with Crippen molar-refractivity contribution in [1.29, 1.82) is 0 Å². The van der Waals surface area contributed by atoms with Crippen molar-refractivity contribution in [2.45, 2.75) is 58.5 Å². The molecular weight excluding hydrogens is 316 g/mol. The number of ether oxygens (including phenoxy) is 1. The predicted octanol–water partition coefficient (Wildman–Crippen LogP) is 3.30. The fourth-order valence-corrected chi connectivity index (χ4v) is 2.79. The summed E-state index contributed by atoms with van der Waals surface area (Å²) in [5.74, 6) is 0.215. The van der Waals surface area contributed by atoms with Crippen molar-refractivity contribution in [2.24, 2.45) is 5.92 Å². The summed E-state index contributed by atoms with van der Waals surface area (Å²) in [5, 5.41) is 5.79. The lowest BCUT2D eigenvalue weighted by molar-refractivity contribution is -0.123. The summed E-state index contributed by atoms with van der Waals surface area (Å²) in [6.07, 6.45) is 1.36. The number of alkyl carbamates (subject to hydrolysis) is 1. The second-order valence-electron chi connectivity index (χ2n) is 8.15. The van der Waals surface area contributed by atoms with E-state index in [-0.39, 0.29) is 17.2 Å². The number of hydrogen-bond acceptors (Lipinski definition) is 3. The summed E-state index contributed by atoms with van der Waals surface area (Å²) in [4.78, 5) is 24.3. The van der Waals surface area contributed by atoms with E-state index in [2.05, 4.69) is 16.7 Å². The highest BCUT2D eigenvalue weighted by Gasteiger charge is 2.51. The van der Waals surface area contributed by atoms with Gasteiger partial charge in [-0.1, -0.05) is 36.8 Å². The lowest BCUT2D eigenvalue weighted by atomic mass is 9.93. The molecule has 1 aromatic carbocycles. The Morgan fingerprint density at radius 1 is 1.20 bits per heavy atom. The first-order chi connectivity index (χ1) is 11.6. The second-order valence-corrected chi connectivity index (χ2v) is 8.15. The van der Waals surface area contributed by atoms with E-state index < -0.39 is 11.7 Å². The quantitative estimate of drug-likeness (QED) is 0.830. The zero-order valence-corrected chi connectivity index (χ0v) is 15.9. The lowest BCUT2D eigenvalue weighted by Crippen LogP contribution is -2.41. The average Bonchev–Trinajstić information content (AvgIpc) is 3.31. The van der Waals surface area contributed by atoms with Gasteiger partial charge in [-0.05, 0) is 52.0 Å². The van der Waals surface area contributed by atoms with Gasteiger partial charge in [-0.15, -0.1) is 0 Å². The predicted molar refractivity (Wildman–Crippen MR) is 98.5 cm³/mol. The van der Waals surface area contributed by atoms with Gasteiger partial charge < -0.3 is 15.4 Å². The molecule has 2 rings (SSSR count). The van der Waals surface area contributed by atoms with Gasteiger partial charge in [0, 0.05) is 13.1 Å². The third kappa shape index (κ3) is 5.48. The Bertz CT molecular complexity index is 630. The summed E-state index contributed by atoms with van der Waals surface area (Å²) < 4.78 is 5.21. The molecule has 5 heteroatoms. The van der Waals surface area contributed by atoms with Gasteiger partial charge in [0.1, 0.15) is 5.60 Å². The number of amides is 2. The Kier molecular flexibility index (Phi) is 5.76. The number of hydrogen-bond donors (Lipinski definition) is 2. The molecule has 0 aliphatic heterocycles. The molecule has 0 heterocycles. The highest BCUT2D eigenvalue weighted by atomic mass is 16.6. The molecule has 0 unspecified atom stereocenters. The van der Waals surface area contributed by atoms with E-state index in [9.17, 15) is 9.59 Å². The highest BCUT2D eigenvalue weighted by molar-refractivity contribution is 5.91. The van der Waals surface area contributed by atoms with E-state index >= 15 is 0 Å².